The first kappa shape index (κ1) is 16.9. The molecule has 1 aliphatic rings. The Morgan fingerprint density at radius 2 is 2.21 bits per heavy atom. The van der Waals surface area contributed by atoms with Crippen LogP contribution in [0.1, 0.15) is 21.1 Å². The number of benzene rings is 1. The first-order chi connectivity index (χ1) is 11.6. The summed E-state index contributed by atoms with van der Waals surface area (Å²) in [6.45, 7) is 2.23. The molecule has 1 unspecified atom stereocenters. The summed E-state index contributed by atoms with van der Waals surface area (Å²) in [5.74, 6) is -0.391. The predicted octanol–water partition coefficient (Wildman–Crippen LogP) is 2.42. The van der Waals surface area contributed by atoms with E-state index in [9.17, 15) is 14.0 Å². The molecule has 8 heteroatoms. The van der Waals surface area contributed by atoms with Gasteiger partial charge in [-0.3, -0.25) is 9.59 Å². The molecule has 126 valence electrons. The number of nitrogens with zero attached hydrogens (tertiary/aromatic N) is 2. The summed E-state index contributed by atoms with van der Waals surface area (Å²) in [6, 6.07) is 5.23. The van der Waals surface area contributed by atoms with E-state index in [4.69, 9.17) is 0 Å². The van der Waals surface area contributed by atoms with Crippen molar-refractivity contribution < 1.29 is 14.0 Å². The maximum atomic E-state index is 13.8. The molecule has 5 nitrogen and oxygen atoms in total. The van der Waals surface area contributed by atoms with Gasteiger partial charge in [-0.25, -0.2) is 9.37 Å². The van der Waals surface area contributed by atoms with Gasteiger partial charge in [0.1, 0.15) is 11.9 Å². The van der Waals surface area contributed by atoms with Crippen LogP contribution in [-0.4, -0.2) is 39.4 Å². The quantitative estimate of drug-likeness (QED) is 0.904. The summed E-state index contributed by atoms with van der Waals surface area (Å²) in [6.07, 6.45) is 0. The van der Waals surface area contributed by atoms with E-state index in [0.29, 0.717) is 18.2 Å². The Hall–Kier alpha value is -1.93. The van der Waals surface area contributed by atoms with E-state index < -0.39 is 17.8 Å². The van der Waals surface area contributed by atoms with Gasteiger partial charge in [-0.2, -0.15) is 0 Å². The van der Waals surface area contributed by atoms with Crippen molar-refractivity contribution in [3.8, 4) is 0 Å². The zero-order valence-corrected chi connectivity index (χ0v) is 14.6. The number of rotatable bonds is 4. The number of halogens is 1. The van der Waals surface area contributed by atoms with E-state index in [1.54, 1.807) is 6.07 Å². The molecule has 1 fully saturated rings. The summed E-state index contributed by atoms with van der Waals surface area (Å²) in [4.78, 5) is 30.7. The summed E-state index contributed by atoms with van der Waals surface area (Å²) in [5, 5.41) is 5.64. The van der Waals surface area contributed by atoms with Crippen LogP contribution >= 0.6 is 23.1 Å². The van der Waals surface area contributed by atoms with E-state index in [0.717, 1.165) is 10.7 Å². The Labute approximate surface area is 147 Å². The van der Waals surface area contributed by atoms with Gasteiger partial charge >= 0.3 is 0 Å². The third kappa shape index (κ3) is 3.59. The Balaban J connectivity index is 1.67. The van der Waals surface area contributed by atoms with Crippen molar-refractivity contribution in [1.29, 1.82) is 0 Å². The smallest absolute Gasteiger partial charge is 0.258 e. The monoisotopic (exact) mass is 365 g/mol. The molecule has 1 atom stereocenters. The zero-order valence-electron chi connectivity index (χ0n) is 13.0. The van der Waals surface area contributed by atoms with E-state index in [-0.39, 0.29) is 11.5 Å². The fourth-order valence-electron chi connectivity index (χ4n) is 2.43. The van der Waals surface area contributed by atoms with Crippen molar-refractivity contribution in [1.82, 2.24) is 15.2 Å². The standard InChI is InChI=1S/C16H16FN3O2S2/c1-10-19-11(7-24-10)6-18-15(21)14-8-23-9-20(14)16(22)12-4-2-3-5-13(12)17/h2-5,7,14H,6,8-9H2,1H3,(H,18,21). The summed E-state index contributed by atoms with van der Waals surface area (Å²) >= 11 is 3.00. The van der Waals surface area contributed by atoms with Crippen molar-refractivity contribution in [3.63, 3.8) is 0 Å². The summed E-state index contributed by atoms with van der Waals surface area (Å²) < 4.78 is 13.8. The molecule has 1 saturated heterocycles. The van der Waals surface area contributed by atoms with Crippen LogP contribution < -0.4 is 5.32 Å². The van der Waals surface area contributed by atoms with Crippen molar-refractivity contribution >= 4 is 34.9 Å². The molecular weight excluding hydrogens is 349 g/mol. The highest BCUT2D eigenvalue weighted by molar-refractivity contribution is 7.99. The molecule has 0 radical (unpaired) electrons. The normalized spacial score (nSPS) is 17.1. The van der Waals surface area contributed by atoms with E-state index in [2.05, 4.69) is 10.3 Å². The lowest BCUT2D eigenvalue weighted by Gasteiger charge is -2.23. The van der Waals surface area contributed by atoms with Crippen LogP contribution in [0.25, 0.3) is 0 Å². The number of thiazole rings is 1. The number of thioether (sulfide) groups is 1. The number of hydrogen-bond donors (Lipinski definition) is 1. The molecule has 0 spiro atoms. The van der Waals surface area contributed by atoms with Gasteiger partial charge in [-0.05, 0) is 19.1 Å². The van der Waals surface area contributed by atoms with Gasteiger partial charge in [0.2, 0.25) is 5.91 Å². The van der Waals surface area contributed by atoms with Gasteiger partial charge in [-0.15, -0.1) is 23.1 Å². The van der Waals surface area contributed by atoms with Crippen LogP contribution in [0.3, 0.4) is 0 Å². The second-order valence-corrected chi connectivity index (χ2v) is 7.41. The third-order valence-corrected chi connectivity index (χ3v) is 5.49. The van der Waals surface area contributed by atoms with Crippen LogP contribution in [-0.2, 0) is 11.3 Å². The minimum absolute atomic E-state index is 0.00655. The molecule has 0 saturated carbocycles. The average Bonchev–Trinajstić information content (AvgIpc) is 3.21. The largest absolute Gasteiger partial charge is 0.349 e. The van der Waals surface area contributed by atoms with Crippen molar-refractivity contribution in [3.05, 3.63) is 51.7 Å². The minimum atomic E-state index is -0.596. The van der Waals surface area contributed by atoms with Crippen LogP contribution in [0.5, 0.6) is 0 Å². The summed E-state index contributed by atoms with van der Waals surface area (Å²) in [5.41, 5.74) is 0.788. The Morgan fingerprint density at radius 1 is 1.42 bits per heavy atom. The molecule has 1 aromatic carbocycles. The number of amides is 2. The Kier molecular flexibility index (Phi) is 5.15. The Morgan fingerprint density at radius 3 is 2.92 bits per heavy atom. The van der Waals surface area contributed by atoms with E-state index in [1.165, 1.54) is 46.2 Å². The summed E-state index contributed by atoms with van der Waals surface area (Å²) in [7, 11) is 0. The first-order valence-corrected chi connectivity index (χ1v) is 9.41. The number of hydrogen-bond acceptors (Lipinski definition) is 5. The highest BCUT2D eigenvalue weighted by atomic mass is 32.2. The first-order valence-electron chi connectivity index (χ1n) is 7.38. The number of carbonyl (C=O) groups excluding carboxylic acids is 2. The number of aromatic nitrogens is 1. The molecule has 1 N–H and O–H groups in total. The SMILES string of the molecule is Cc1nc(CNC(=O)C2CSCN2C(=O)c2ccccc2F)cs1. The lowest BCUT2D eigenvalue weighted by Crippen LogP contribution is -2.47. The van der Waals surface area contributed by atoms with Gasteiger partial charge in [-0.1, -0.05) is 12.1 Å². The topological polar surface area (TPSA) is 62.3 Å². The highest BCUT2D eigenvalue weighted by Crippen LogP contribution is 2.24. The van der Waals surface area contributed by atoms with Crippen molar-refractivity contribution in [2.45, 2.75) is 19.5 Å². The minimum Gasteiger partial charge on any atom is -0.349 e. The van der Waals surface area contributed by atoms with Crippen molar-refractivity contribution in [2.24, 2.45) is 0 Å². The van der Waals surface area contributed by atoms with Crippen LogP contribution in [0, 0.1) is 12.7 Å². The molecule has 2 amide bonds. The van der Waals surface area contributed by atoms with E-state index >= 15 is 0 Å². The molecule has 0 bridgehead atoms. The molecule has 2 aromatic rings. The van der Waals surface area contributed by atoms with Gasteiger partial charge < -0.3 is 10.2 Å². The lowest BCUT2D eigenvalue weighted by atomic mass is 10.1. The predicted molar refractivity (Wildman–Crippen MR) is 92.4 cm³/mol. The van der Waals surface area contributed by atoms with Crippen LogP contribution in [0.15, 0.2) is 29.6 Å². The third-order valence-electron chi connectivity index (χ3n) is 3.66. The molecule has 1 aliphatic heterocycles. The average molecular weight is 365 g/mol. The Bertz CT molecular complexity index is 765. The maximum Gasteiger partial charge on any atom is 0.258 e. The second-order valence-electron chi connectivity index (χ2n) is 5.35. The van der Waals surface area contributed by atoms with Gasteiger partial charge in [0.15, 0.2) is 0 Å². The molecule has 24 heavy (non-hydrogen) atoms. The number of nitrogens with one attached hydrogen (secondary N) is 1. The highest BCUT2D eigenvalue weighted by Gasteiger charge is 2.35. The zero-order chi connectivity index (χ0) is 17.1. The number of aryl methyl sites for hydroxylation is 1. The van der Waals surface area contributed by atoms with Gasteiger partial charge in [0.25, 0.3) is 5.91 Å². The molecule has 3 rings (SSSR count). The molecule has 0 aliphatic carbocycles. The van der Waals surface area contributed by atoms with Gasteiger partial charge in [0, 0.05) is 11.1 Å². The molecule has 2 heterocycles. The van der Waals surface area contributed by atoms with Crippen LogP contribution in [0.4, 0.5) is 4.39 Å². The second kappa shape index (κ2) is 7.31. The lowest BCUT2D eigenvalue weighted by molar-refractivity contribution is -0.124. The van der Waals surface area contributed by atoms with E-state index in [1.807, 2.05) is 12.3 Å². The molecule has 1 aromatic heterocycles. The van der Waals surface area contributed by atoms with Crippen LogP contribution in [0.2, 0.25) is 0 Å². The molecular formula is C16H16FN3O2S2. The van der Waals surface area contributed by atoms with Gasteiger partial charge in [0.05, 0.1) is 28.7 Å². The fraction of sp³-hybridized carbons (Fsp3) is 0.312. The van der Waals surface area contributed by atoms with Crippen molar-refractivity contribution in [2.75, 3.05) is 11.6 Å². The number of carbonyl (C=O) groups is 2. The maximum absolute atomic E-state index is 13.8. The fourth-order valence-corrected chi connectivity index (χ4v) is 4.20.